The zero-order valence-electron chi connectivity index (χ0n) is 13.2. The highest BCUT2D eigenvalue weighted by Crippen LogP contribution is 2.43. The van der Waals surface area contributed by atoms with Crippen LogP contribution in [0.25, 0.3) is 0 Å². The molecule has 1 aliphatic heterocycles. The Morgan fingerprint density at radius 2 is 2.10 bits per heavy atom. The Hall–Kier alpha value is -1.51. The van der Waals surface area contributed by atoms with Crippen molar-refractivity contribution in [1.29, 1.82) is 0 Å². The van der Waals surface area contributed by atoms with E-state index in [1.54, 1.807) is 0 Å². The van der Waals surface area contributed by atoms with Gasteiger partial charge in [0.15, 0.2) is 0 Å². The highest BCUT2D eigenvalue weighted by Gasteiger charge is 2.40. The Kier molecular flexibility index (Phi) is 3.68. The summed E-state index contributed by atoms with van der Waals surface area (Å²) in [6.07, 6.45) is 6.71. The number of rotatable bonds is 1. The number of nitrogen functional groups attached to an aromatic ring is 1. The summed E-state index contributed by atoms with van der Waals surface area (Å²) in [6, 6.07) is 6.00. The van der Waals surface area contributed by atoms with Crippen molar-refractivity contribution in [2.75, 3.05) is 17.2 Å². The van der Waals surface area contributed by atoms with Crippen LogP contribution in [0.2, 0.25) is 0 Å². The van der Waals surface area contributed by atoms with E-state index in [0.29, 0.717) is 5.91 Å². The molecule has 2 N–H and O–H groups in total. The summed E-state index contributed by atoms with van der Waals surface area (Å²) < 4.78 is 0. The van der Waals surface area contributed by atoms with E-state index < -0.39 is 0 Å². The predicted molar refractivity (Wildman–Crippen MR) is 87.3 cm³/mol. The fourth-order valence-corrected chi connectivity index (χ4v) is 3.96. The van der Waals surface area contributed by atoms with Gasteiger partial charge in [0.2, 0.25) is 5.91 Å². The topological polar surface area (TPSA) is 46.3 Å². The fraction of sp³-hybridized carbons (Fsp3) is 0.611. The Morgan fingerprint density at radius 1 is 1.29 bits per heavy atom. The third-order valence-electron chi connectivity index (χ3n) is 5.30. The summed E-state index contributed by atoms with van der Waals surface area (Å²) in [5, 5.41) is 0. The monoisotopic (exact) mass is 286 g/mol. The van der Waals surface area contributed by atoms with Crippen LogP contribution in [0.1, 0.15) is 51.5 Å². The van der Waals surface area contributed by atoms with Gasteiger partial charge in [-0.2, -0.15) is 0 Å². The highest BCUT2D eigenvalue weighted by molar-refractivity contribution is 5.97. The number of hydrogen-bond acceptors (Lipinski definition) is 2. The quantitative estimate of drug-likeness (QED) is 0.799. The first-order valence-electron chi connectivity index (χ1n) is 8.19. The van der Waals surface area contributed by atoms with Gasteiger partial charge < -0.3 is 10.6 Å². The minimum Gasteiger partial charge on any atom is -0.399 e. The first kappa shape index (κ1) is 14.4. The van der Waals surface area contributed by atoms with E-state index in [-0.39, 0.29) is 11.3 Å². The number of benzene rings is 1. The SMILES string of the molecule is CC1(C)CCCCC1C(=O)N1CCCc2ccc(N)cc21. The second-order valence-corrected chi connectivity index (χ2v) is 7.27. The molecule has 1 saturated carbocycles. The van der Waals surface area contributed by atoms with E-state index in [1.165, 1.54) is 18.4 Å². The number of aryl methyl sites for hydroxylation is 1. The molecule has 1 aromatic carbocycles. The first-order chi connectivity index (χ1) is 9.99. The third-order valence-corrected chi connectivity index (χ3v) is 5.30. The molecule has 1 unspecified atom stereocenters. The lowest BCUT2D eigenvalue weighted by molar-refractivity contribution is -0.127. The molecule has 0 radical (unpaired) electrons. The number of carbonyl (C=O) groups is 1. The number of amides is 1. The Morgan fingerprint density at radius 3 is 2.86 bits per heavy atom. The van der Waals surface area contributed by atoms with Crippen molar-refractivity contribution < 1.29 is 4.79 Å². The van der Waals surface area contributed by atoms with Crippen molar-refractivity contribution in [3.63, 3.8) is 0 Å². The van der Waals surface area contributed by atoms with Crippen LogP contribution in [0.4, 0.5) is 11.4 Å². The maximum atomic E-state index is 13.1. The normalized spacial score (nSPS) is 24.5. The average molecular weight is 286 g/mol. The van der Waals surface area contributed by atoms with E-state index in [1.807, 2.05) is 17.0 Å². The molecule has 114 valence electrons. The zero-order chi connectivity index (χ0) is 15.0. The van der Waals surface area contributed by atoms with Gasteiger partial charge in [-0.25, -0.2) is 0 Å². The first-order valence-corrected chi connectivity index (χ1v) is 8.19. The molecule has 1 fully saturated rings. The maximum absolute atomic E-state index is 13.1. The molecule has 0 spiro atoms. The molecule has 0 bridgehead atoms. The highest BCUT2D eigenvalue weighted by atomic mass is 16.2. The van der Waals surface area contributed by atoms with Crippen molar-refractivity contribution in [2.24, 2.45) is 11.3 Å². The number of hydrogen-bond donors (Lipinski definition) is 1. The molecule has 21 heavy (non-hydrogen) atoms. The van der Waals surface area contributed by atoms with Crippen LogP contribution in [-0.4, -0.2) is 12.5 Å². The van der Waals surface area contributed by atoms with Crippen LogP contribution in [0.5, 0.6) is 0 Å². The van der Waals surface area contributed by atoms with E-state index in [2.05, 4.69) is 19.9 Å². The van der Waals surface area contributed by atoms with E-state index in [0.717, 1.165) is 43.6 Å². The van der Waals surface area contributed by atoms with Crippen LogP contribution in [0.15, 0.2) is 18.2 Å². The van der Waals surface area contributed by atoms with Gasteiger partial charge in [-0.05, 0) is 48.8 Å². The van der Waals surface area contributed by atoms with Crippen molar-refractivity contribution in [2.45, 2.75) is 52.4 Å². The molecular formula is C18H26N2O. The van der Waals surface area contributed by atoms with Gasteiger partial charge >= 0.3 is 0 Å². The minimum absolute atomic E-state index is 0.118. The lowest BCUT2D eigenvalue weighted by atomic mass is 9.68. The predicted octanol–water partition coefficient (Wildman–Crippen LogP) is 3.76. The lowest BCUT2D eigenvalue weighted by Gasteiger charge is -2.41. The van der Waals surface area contributed by atoms with Crippen LogP contribution < -0.4 is 10.6 Å². The molecule has 1 amide bonds. The largest absolute Gasteiger partial charge is 0.399 e. The number of carbonyl (C=O) groups excluding carboxylic acids is 1. The van der Waals surface area contributed by atoms with Gasteiger partial charge in [0.1, 0.15) is 0 Å². The number of nitrogens with two attached hydrogens (primary N) is 1. The molecule has 1 heterocycles. The second kappa shape index (κ2) is 5.36. The molecule has 3 nitrogen and oxygen atoms in total. The summed E-state index contributed by atoms with van der Waals surface area (Å²) in [7, 11) is 0. The van der Waals surface area contributed by atoms with Crippen molar-refractivity contribution in [1.82, 2.24) is 0 Å². The Bertz CT molecular complexity index is 550. The van der Waals surface area contributed by atoms with Gasteiger partial charge in [0, 0.05) is 23.8 Å². The molecule has 1 aromatic rings. The van der Waals surface area contributed by atoms with E-state index in [9.17, 15) is 4.79 Å². The average Bonchev–Trinajstić information content (AvgIpc) is 2.45. The summed E-state index contributed by atoms with van der Waals surface area (Å²) in [5.41, 5.74) is 9.11. The molecule has 1 aliphatic carbocycles. The smallest absolute Gasteiger partial charge is 0.230 e. The van der Waals surface area contributed by atoms with Gasteiger partial charge in [0.25, 0.3) is 0 Å². The van der Waals surface area contributed by atoms with Crippen molar-refractivity contribution in [3.8, 4) is 0 Å². The standard InChI is InChI=1S/C18H26N2O/c1-18(2)10-4-3-7-15(18)17(21)20-11-5-6-13-8-9-14(19)12-16(13)20/h8-9,12,15H,3-7,10-11,19H2,1-2H3. The number of anilines is 2. The Labute approximate surface area is 127 Å². The van der Waals surface area contributed by atoms with Crippen molar-refractivity contribution >= 4 is 17.3 Å². The molecular weight excluding hydrogens is 260 g/mol. The molecule has 2 aliphatic rings. The molecule has 0 saturated heterocycles. The third kappa shape index (κ3) is 2.66. The lowest BCUT2D eigenvalue weighted by Crippen LogP contribution is -2.45. The second-order valence-electron chi connectivity index (χ2n) is 7.27. The summed E-state index contributed by atoms with van der Waals surface area (Å²) in [4.78, 5) is 15.1. The summed E-state index contributed by atoms with van der Waals surface area (Å²) in [5.74, 6) is 0.463. The van der Waals surface area contributed by atoms with Gasteiger partial charge in [0.05, 0.1) is 0 Å². The van der Waals surface area contributed by atoms with Gasteiger partial charge in [-0.3, -0.25) is 4.79 Å². The molecule has 1 atom stereocenters. The minimum atomic E-state index is 0.118. The number of fused-ring (bicyclic) bond motifs is 1. The van der Waals surface area contributed by atoms with Crippen molar-refractivity contribution in [3.05, 3.63) is 23.8 Å². The molecule has 3 rings (SSSR count). The van der Waals surface area contributed by atoms with E-state index in [4.69, 9.17) is 5.73 Å². The van der Waals surface area contributed by atoms with Gasteiger partial charge in [-0.1, -0.05) is 32.8 Å². The molecule has 3 heteroatoms. The van der Waals surface area contributed by atoms with Crippen LogP contribution >= 0.6 is 0 Å². The van der Waals surface area contributed by atoms with Gasteiger partial charge in [-0.15, -0.1) is 0 Å². The van der Waals surface area contributed by atoms with Crippen LogP contribution in [-0.2, 0) is 11.2 Å². The zero-order valence-corrected chi connectivity index (χ0v) is 13.2. The maximum Gasteiger partial charge on any atom is 0.230 e. The Balaban J connectivity index is 1.91. The van der Waals surface area contributed by atoms with Crippen LogP contribution in [0.3, 0.4) is 0 Å². The fourth-order valence-electron chi connectivity index (χ4n) is 3.96. The van der Waals surface area contributed by atoms with Crippen LogP contribution in [0, 0.1) is 11.3 Å². The molecule has 0 aromatic heterocycles. The summed E-state index contributed by atoms with van der Waals surface area (Å²) >= 11 is 0. The van der Waals surface area contributed by atoms with E-state index >= 15 is 0 Å². The summed E-state index contributed by atoms with van der Waals surface area (Å²) in [6.45, 7) is 5.33. The number of nitrogens with zero attached hydrogens (tertiary/aromatic N) is 1.